The lowest BCUT2D eigenvalue weighted by Crippen LogP contribution is -2.40. The van der Waals surface area contributed by atoms with E-state index in [0.29, 0.717) is 12.8 Å². The summed E-state index contributed by atoms with van der Waals surface area (Å²) in [6.45, 7) is 1.45. The van der Waals surface area contributed by atoms with Gasteiger partial charge in [-0.1, -0.05) is 12.2 Å². The molecule has 4 nitrogen and oxygen atoms in total. The minimum atomic E-state index is -1.25. The van der Waals surface area contributed by atoms with E-state index in [1.807, 2.05) is 0 Å². The van der Waals surface area contributed by atoms with Gasteiger partial charge in [-0.25, -0.2) is 0 Å². The van der Waals surface area contributed by atoms with E-state index < -0.39 is 23.3 Å². The van der Waals surface area contributed by atoms with Gasteiger partial charge in [0.1, 0.15) is 0 Å². The molecule has 0 fully saturated rings. The lowest BCUT2D eigenvalue weighted by Gasteiger charge is -2.30. The molecule has 0 aromatic rings. The van der Waals surface area contributed by atoms with Crippen LogP contribution in [0.4, 0.5) is 0 Å². The third kappa shape index (κ3) is 2.15. The number of halogens is 1. The Morgan fingerprint density at radius 1 is 1.43 bits per heavy atom. The molecule has 1 rings (SSSR count). The van der Waals surface area contributed by atoms with Crippen LogP contribution in [0.5, 0.6) is 0 Å². The summed E-state index contributed by atoms with van der Waals surface area (Å²) in [5.41, 5.74) is -1.25. The predicted octanol–water partition coefficient (Wildman–Crippen LogP) is 1.71. The smallest absolute Gasteiger partial charge is 0.314 e. The van der Waals surface area contributed by atoms with E-state index in [-0.39, 0.29) is 17.0 Å². The third-order valence-electron chi connectivity index (χ3n) is 2.57. The Morgan fingerprint density at radius 3 is 2.36 bits per heavy atom. The average Bonchev–Trinajstić information content (AvgIpc) is 2.04. The SMILES string of the molecule is Br.CC1(C(=O)O)C=CCCC1C(=O)O. The molecule has 0 aliphatic heterocycles. The molecule has 0 bridgehead atoms. The molecule has 0 amide bonds. The van der Waals surface area contributed by atoms with Crippen LogP contribution in [0.3, 0.4) is 0 Å². The maximum atomic E-state index is 10.9. The summed E-state index contributed by atoms with van der Waals surface area (Å²) in [5.74, 6) is -2.92. The van der Waals surface area contributed by atoms with Crippen LogP contribution < -0.4 is 0 Å². The van der Waals surface area contributed by atoms with Gasteiger partial charge >= 0.3 is 11.9 Å². The molecular formula is C9H13BrO4. The summed E-state index contributed by atoms with van der Waals surface area (Å²) in [5, 5.41) is 17.7. The normalized spacial score (nSPS) is 30.5. The number of carboxylic acid groups (broad SMARTS) is 2. The van der Waals surface area contributed by atoms with Crippen LogP contribution in [-0.4, -0.2) is 22.2 Å². The van der Waals surface area contributed by atoms with Crippen LogP contribution in [0.15, 0.2) is 12.2 Å². The van der Waals surface area contributed by atoms with Crippen molar-refractivity contribution in [3.8, 4) is 0 Å². The Morgan fingerprint density at radius 2 is 2.00 bits per heavy atom. The van der Waals surface area contributed by atoms with E-state index in [1.54, 1.807) is 6.08 Å². The van der Waals surface area contributed by atoms with Gasteiger partial charge in [-0.2, -0.15) is 0 Å². The fraction of sp³-hybridized carbons (Fsp3) is 0.556. The molecule has 0 radical (unpaired) electrons. The van der Waals surface area contributed by atoms with Gasteiger partial charge in [0, 0.05) is 0 Å². The van der Waals surface area contributed by atoms with Crippen molar-refractivity contribution in [2.45, 2.75) is 19.8 Å². The van der Waals surface area contributed by atoms with Gasteiger partial charge in [-0.3, -0.25) is 9.59 Å². The second-order valence-corrected chi connectivity index (χ2v) is 3.46. The highest BCUT2D eigenvalue weighted by Gasteiger charge is 2.44. The highest BCUT2D eigenvalue weighted by atomic mass is 79.9. The molecule has 0 saturated heterocycles. The fourth-order valence-corrected chi connectivity index (χ4v) is 1.61. The number of hydrogen-bond donors (Lipinski definition) is 2. The first-order valence-corrected chi connectivity index (χ1v) is 4.12. The molecule has 2 unspecified atom stereocenters. The Balaban J connectivity index is 0.00000169. The highest BCUT2D eigenvalue weighted by Crippen LogP contribution is 2.36. The van der Waals surface area contributed by atoms with E-state index in [4.69, 9.17) is 10.2 Å². The zero-order valence-corrected chi connectivity index (χ0v) is 9.48. The van der Waals surface area contributed by atoms with Crippen LogP contribution in [0.1, 0.15) is 19.8 Å². The van der Waals surface area contributed by atoms with Crippen molar-refractivity contribution in [2.75, 3.05) is 0 Å². The van der Waals surface area contributed by atoms with Crippen LogP contribution in [0, 0.1) is 11.3 Å². The minimum absolute atomic E-state index is 0. The topological polar surface area (TPSA) is 74.6 Å². The van der Waals surface area contributed by atoms with E-state index in [0.717, 1.165) is 0 Å². The molecule has 0 aromatic heterocycles. The Kier molecular flexibility index (Phi) is 4.32. The summed E-state index contributed by atoms with van der Waals surface area (Å²) in [7, 11) is 0. The molecule has 5 heteroatoms. The first-order chi connectivity index (χ1) is 5.98. The van der Waals surface area contributed by atoms with Gasteiger partial charge in [0.25, 0.3) is 0 Å². The average molecular weight is 265 g/mol. The van der Waals surface area contributed by atoms with E-state index in [1.165, 1.54) is 13.0 Å². The standard InChI is InChI=1S/C9H12O4.BrH/c1-9(8(12)13)5-3-2-4-6(9)7(10)11;/h3,5-6H,2,4H2,1H3,(H,10,11)(H,12,13);1H. The zero-order valence-electron chi connectivity index (χ0n) is 7.77. The summed E-state index contributed by atoms with van der Waals surface area (Å²) in [6.07, 6.45) is 4.25. The van der Waals surface area contributed by atoms with Crippen molar-refractivity contribution in [2.24, 2.45) is 11.3 Å². The number of rotatable bonds is 2. The summed E-state index contributed by atoms with van der Waals surface area (Å²) in [6, 6.07) is 0. The molecule has 2 N–H and O–H groups in total. The van der Waals surface area contributed by atoms with Gasteiger partial charge in [0.05, 0.1) is 11.3 Å². The molecule has 14 heavy (non-hydrogen) atoms. The van der Waals surface area contributed by atoms with E-state index >= 15 is 0 Å². The number of allylic oxidation sites excluding steroid dienone is 1. The molecule has 1 aliphatic carbocycles. The molecule has 0 aromatic carbocycles. The van der Waals surface area contributed by atoms with Gasteiger partial charge in [-0.15, -0.1) is 17.0 Å². The van der Waals surface area contributed by atoms with Gasteiger partial charge < -0.3 is 10.2 Å². The second-order valence-electron chi connectivity index (χ2n) is 3.46. The highest BCUT2D eigenvalue weighted by molar-refractivity contribution is 8.93. The first kappa shape index (κ1) is 13.2. The molecule has 1 aliphatic rings. The quantitative estimate of drug-likeness (QED) is 0.745. The molecule has 0 heterocycles. The van der Waals surface area contributed by atoms with E-state index in [2.05, 4.69) is 0 Å². The molecule has 0 saturated carbocycles. The summed E-state index contributed by atoms with van der Waals surface area (Å²) in [4.78, 5) is 21.7. The number of hydrogen-bond acceptors (Lipinski definition) is 2. The molecule has 0 spiro atoms. The Hall–Kier alpha value is -0.840. The fourth-order valence-electron chi connectivity index (χ4n) is 1.61. The summed E-state index contributed by atoms with van der Waals surface area (Å²) < 4.78 is 0. The largest absolute Gasteiger partial charge is 0.481 e. The van der Waals surface area contributed by atoms with Crippen LogP contribution in [-0.2, 0) is 9.59 Å². The molecule has 80 valence electrons. The Bertz CT molecular complexity index is 274. The van der Waals surface area contributed by atoms with Crippen molar-refractivity contribution < 1.29 is 19.8 Å². The lowest BCUT2D eigenvalue weighted by atomic mass is 9.71. The van der Waals surface area contributed by atoms with Crippen molar-refractivity contribution >= 4 is 28.9 Å². The predicted molar refractivity (Wildman–Crippen MR) is 55.6 cm³/mol. The monoisotopic (exact) mass is 264 g/mol. The van der Waals surface area contributed by atoms with Crippen LogP contribution >= 0.6 is 17.0 Å². The van der Waals surface area contributed by atoms with Gasteiger partial charge in [-0.05, 0) is 19.8 Å². The molecular weight excluding hydrogens is 252 g/mol. The lowest BCUT2D eigenvalue weighted by molar-refractivity contribution is -0.158. The second kappa shape index (κ2) is 4.59. The number of aliphatic carboxylic acids is 2. The zero-order chi connectivity index (χ0) is 10.1. The van der Waals surface area contributed by atoms with Gasteiger partial charge in [0.2, 0.25) is 0 Å². The first-order valence-electron chi connectivity index (χ1n) is 4.12. The maximum absolute atomic E-state index is 10.9. The third-order valence-corrected chi connectivity index (χ3v) is 2.57. The maximum Gasteiger partial charge on any atom is 0.314 e. The van der Waals surface area contributed by atoms with Crippen molar-refractivity contribution in [1.29, 1.82) is 0 Å². The summed E-state index contributed by atoms with van der Waals surface area (Å²) >= 11 is 0. The van der Waals surface area contributed by atoms with Crippen LogP contribution in [0.2, 0.25) is 0 Å². The number of carboxylic acids is 2. The van der Waals surface area contributed by atoms with Crippen LogP contribution in [0.25, 0.3) is 0 Å². The Labute approximate surface area is 92.4 Å². The minimum Gasteiger partial charge on any atom is -0.481 e. The van der Waals surface area contributed by atoms with Crippen molar-refractivity contribution in [3.63, 3.8) is 0 Å². The van der Waals surface area contributed by atoms with E-state index in [9.17, 15) is 9.59 Å². The number of carbonyl (C=O) groups is 2. The molecule has 2 atom stereocenters. The van der Waals surface area contributed by atoms with Gasteiger partial charge in [0.15, 0.2) is 0 Å². The van der Waals surface area contributed by atoms with Crippen molar-refractivity contribution in [3.05, 3.63) is 12.2 Å². The van der Waals surface area contributed by atoms with Crippen molar-refractivity contribution in [1.82, 2.24) is 0 Å².